The van der Waals surface area contributed by atoms with Crippen molar-refractivity contribution in [1.82, 2.24) is 5.32 Å². The highest BCUT2D eigenvalue weighted by molar-refractivity contribution is 6.42. The Hall–Kier alpha value is -2.27. The second-order valence-corrected chi connectivity index (χ2v) is 7.12. The van der Waals surface area contributed by atoms with Crippen LogP contribution in [0.3, 0.4) is 0 Å². The van der Waals surface area contributed by atoms with Crippen LogP contribution in [-0.4, -0.2) is 12.5 Å². The molecule has 140 valence electrons. The monoisotopic (exact) mass is 403 g/mol. The number of nitrogens with two attached hydrogens (primary N) is 1. The van der Waals surface area contributed by atoms with Gasteiger partial charge in [-0.2, -0.15) is 0 Å². The van der Waals surface area contributed by atoms with E-state index in [2.05, 4.69) is 5.32 Å². The van der Waals surface area contributed by atoms with Gasteiger partial charge in [0.2, 0.25) is 0 Å². The fourth-order valence-corrected chi connectivity index (χ4v) is 3.24. The van der Waals surface area contributed by atoms with Crippen LogP contribution in [0.2, 0.25) is 10.0 Å². The molecular weight excluding hydrogens is 383 g/mol. The van der Waals surface area contributed by atoms with Gasteiger partial charge in [0.05, 0.1) is 22.4 Å². The number of carbonyl (C=O) groups is 1. The van der Waals surface area contributed by atoms with E-state index >= 15 is 0 Å². The number of nitrogens with one attached hydrogen (secondary N) is 1. The van der Waals surface area contributed by atoms with Crippen molar-refractivity contribution in [2.45, 2.75) is 19.0 Å². The Morgan fingerprint density at radius 3 is 2.48 bits per heavy atom. The minimum Gasteiger partial charge on any atom is -0.463 e. The third-order valence-corrected chi connectivity index (χ3v) is 5.11. The Morgan fingerprint density at radius 2 is 1.81 bits per heavy atom. The first kappa shape index (κ1) is 19.5. The van der Waals surface area contributed by atoms with E-state index in [9.17, 15) is 4.79 Å². The molecule has 0 aliphatic rings. The molecule has 0 saturated carbocycles. The quantitative estimate of drug-likeness (QED) is 0.623. The van der Waals surface area contributed by atoms with Crippen molar-refractivity contribution >= 4 is 29.1 Å². The van der Waals surface area contributed by atoms with Crippen LogP contribution in [0.4, 0.5) is 0 Å². The maximum absolute atomic E-state index is 12.5. The van der Waals surface area contributed by atoms with Crippen molar-refractivity contribution in [3.05, 3.63) is 93.9 Å². The second-order valence-electron chi connectivity index (χ2n) is 6.31. The minimum atomic E-state index is -0.167. The molecular formula is C21H21Cl2N2O2+. The average Bonchev–Trinajstić information content (AvgIpc) is 3.19. The van der Waals surface area contributed by atoms with Crippen LogP contribution in [0.1, 0.15) is 35.9 Å². The Kier molecular flexibility index (Phi) is 6.56. The summed E-state index contributed by atoms with van der Waals surface area (Å²) in [7, 11) is 0. The summed E-state index contributed by atoms with van der Waals surface area (Å²) < 4.78 is 5.57. The maximum Gasteiger partial charge on any atom is 0.275 e. The third-order valence-electron chi connectivity index (χ3n) is 4.37. The number of rotatable bonds is 7. The zero-order chi connectivity index (χ0) is 19.2. The van der Waals surface area contributed by atoms with Gasteiger partial charge in [-0.3, -0.25) is 4.79 Å². The summed E-state index contributed by atoms with van der Waals surface area (Å²) in [5.74, 6) is 0.743. The lowest BCUT2D eigenvalue weighted by atomic mass is 10.0. The molecule has 4 nitrogen and oxygen atoms in total. The van der Waals surface area contributed by atoms with Gasteiger partial charge in [-0.05, 0) is 36.8 Å². The van der Waals surface area contributed by atoms with Crippen LogP contribution in [0.25, 0.3) is 0 Å². The fraction of sp³-hybridized carbons (Fsp3) is 0.190. The molecule has 3 N–H and O–H groups in total. The molecule has 2 atom stereocenters. The summed E-state index contributed by atoms with van der Waals surface area (Å²) >= 11 is 12.0. The predicted molar refractivity (Wildman–Crippen MR) is 107 cm³/mol. The van der Waals surface area contributed by atoms with Crippen molar-refractivity contribution in [3.63, 3.8) is 0 Å². The molecule has 0 bridgehead atoms. The molecule has 0 fully saturated rings. The van der Waals surface area contributed by atoms with Crippen molar-refractivity contribution in [2.75, 3.05) is 6.54 Å². The molecule has 0 aliphatic carbocycles. The van der Waals surface area contributed by atoms with Crippen LogP contribution in [0.15, 0.2) is 71.3 Å². The largest absolute Gasteiger partial charge is 0.463 e. The Labute approximate surface area is 168 Å². The Balaban J connectivity index is 1.63. The molecule has 1 aromatic heterocycles. The lowest BCUT2D eigenvalue weighted by Crippen LogP contribution is -2.87. The number of hydrogen-bond donors (Lipinski definition) is 2. The topological polar surface area (TPSA) is 58.9 Å². The van der Waals surface area contributed by atoms with Gasteiger partial charge in [-0.1, -0.05) is 59.6 Å². The Bertz CT molecular complexity index is 882. The molecule has 1 heterocycles. The molecule has 6 heteroatoms. The fourth-order valence-electron chi connectivity index (χ4n) is 2.94. The molecule has 27 heavy (non-hydrogen) atoms. The summed E-state index contributed by atoms with van der Waals surface area (Å²) in [5.41, 5.74) is 1.99. The standard InChI is InChI=1S/C21H20Cl2N2O2/c1-14(16-9-10-17(22)18(23)12-16)25-20(26)13-24-21(19-8-5-11-27-19)15-6-3-2-4-7-15/h2-12,14,21,24H,13H2,1H3,(H,25,26)/p+1/t14-,21+/m0/s1. The van der Waals surface area contributed by atoms with Crippen LogP contribution < -0.4 is 10.6 Å². The van der Waals surface area contributed by atoms with Gasteiger partial charge in [0, 0.05) is 5.56 Å². The molecule has 2 aromatic carbocycles. The lowest BCUT2D eigenvalue weighted by molar-refractivity contribution is -0.678. The summed E-state index contributed by atoms with van der Waals surface area (Å²) in [6.45, 7) is 2.19. The molecule has 3 rings (SSSR count). The zero-order valence-electron chi connectivity index (χ0n) is 14.9. The van der Waals surface area contributed by atoms with Crippen molar-refractivity contribution in [3.8, 4) is 0 Å². The summed E-state index contributed by atoms with van der Waals surface area (Å²) in [6, 6.07) is 18.9. The van der Waals surface area contributed by atoms with Gasteiger partial charge in [0.15, 0.2) is 18.3 Å². The van der Waals surface area contributed by atoms with Gasteiger partial charge in [0.25, 0.3) is 5.91 Å². The lowest BCUT2D eigenvalue weighted by Gasteiger charge is -2.17. The number of furan rings is 1. The minimum absolute atomic E-state index is 0.0685. The first-order valence-corrected chi connectivity index (χ1v) is 9.46. The summed E-state index contributed by atoms with van der Waals surface area (Å²) in [4.78, 5) is 12.5. The number of benzene rings is 2. The van der Waals surface area contributed by atoms with Crippen molar-refractivity contribution < 1.29 is 14.5 Å². The molecule has 3 aromatic rings. The number of amides is 1. The van der Waals surface area contributed by atoms with E-state index in [0.29, 0.717) is 10.0 Å². The van der Waals surface area contributed by atoms with Crippen molar-refractivity contribution in [1.29, 1.82) is 0 Å². The SMILES string of the molecule is C[C@H](NC(=O)C[NH2+][C@H](c1ccccc1)c1ccco1)c1ccc(Cl)c(Cl)c1. The maximum atomic E-state index is 12.5. The summed E-state index contributed by atoms with van der Waals surface area (Å²) in [5, 5.41) is 5.93. The molecule has 0 aliphatic heterocycles. The normalized spacial score (nSPS) is 13.1. The van der Waals surface area contributed by atoms with E-state index < -0.39 is 0 Å². The molecule has 0 radical (unpaired) electrons. The number of halogens is 2. The summed E-state index contributed by atoms with van der Waals surface area (Å²) in [6.07, 6.45) is 1.64. The highest BCUT2D eigenvalue weighted by Crippen LogP contribution is 2.25. The van der Waals surface area contributed by atoms with E-state index in [-0.39, 0.29) is 24.5 Å². The highest BCUT2D eigenvalue weighted by atomic mass is 35.5. The van der Waals surface area contributed by atoms with Crippen LogP contribution in [-0.2, 0) is 4.79 Å². The van der Waals surface area contributed by atoms with E-state index in [1.807, 2.05) is 60.8 Å². The Morgan fingerprint density at radius 1 is 1.04 bits per heavy atom. The molecule has 1 amide bonds. The van der Waals surface area contributed by atoms with Gasteiger partial charge in [-0.15, -0.1) is 0 Å². The first-order chi connectivity index (χ1) is 13.0. The molecule has 0 unspecified atom stereocenters. The number of carbonyl (C=O) groups excluding carboxylic acids is 1. The second kappa shape index (κ2) is 9.09. The van der Waals surface area contributed by atoms with E-state index in [4.69, 9.17) is 27.6 Å². The van der Waals surface area contributed by atoms with Gasteiger partial charge < -0.3 is 15.1 Å². The van der Waals surface area contributed by atoms with E-state index in [1.54, 1.807) is 18.4 Å². The van der Waals surface area contributed by atoms with E-state index in [0.717, 1.165) is 16.9 Å². The third kappa shape index (κ3) is 5.13. The van der Waals surface area contributed by atoms with Gasteiger partial charge in [0.1, 0.15) is 0 Å². The first-order valence-electron chi connectivity index (χ1n) is 8.70. The van der Waals surface area contributed by atoms with Crippen LogP contribution in [0, 0.1) is 0 Å². The van der Waals surface area contributed by atoms with Crippen LogP contribution >= 0.6 is 23.2 Å². The average molecular weight is 404 g/mol. The van der Waals surface area contributed by atoms with Gasteiger partial charge >= 0.3 is 0 Å². The number of quaternary nitrogens is 1. The predicted octanol–water partition coefficient (Wildman–Crippen LogP) is 4.12. The van der Waals surface area contributed by atoms with Gasteiger partial charge in [-0.25, -0.2) is 0 Å². The molecule has 0 saturated heterocycles. The highest BCUT2D eigenvalue weighted by Gasteiger charge is 2.22. The van der Waals surface area contributed by atoms with E-state index in [1.165, 1.54) is 0 Å². The van der Waals surface area contributed by atoms with Crippen LogP contribution in [0.5, 0.6) is 0 Å². The van der Waals surface area contributed by atoms with Crippen molar-refractivity contribution in [2.24, 2.45) is 0 Å². The number of hydrogen-bond acceptors (Lipinski definition) is 2. The zero-order valence-corrected chi connectivity index (χ0v) is 16.4. The molecule has 0 spiro atoms. The smallest absolute Gasteiger partial charge is 0.275 e.